The Morgan fingerprint density at radius 1 is 1.22 bits per heavy atom. The number of benzene rings is 1. The molecule has 0 aliphatic carbocycles. The maximum atomic E-state index is 6.34. The minimum Gasteiger partial charge on any atom is -0.258 e. The van der Waals surface area contributed by atoms with Crippen molar-refractivity contribution in [3.63, 3.8) is 0 Å². The molecule has 0 saturated heterocycles. The molecule has 3 nitrogen and oxygen atoms in total. The van der Waals surface area contributed by atoms with Crippen molar-refractivity contribution in [2.75, 3.05) is 6.54 Å². The van der Waals surface area contributed by atoms with Gasteiger partial charge in [0, 0.05) is 27.4 Å². The van der Waals surface area contributed by atoms with E-state index in [1.165, 1.54) is 11.3 Å². The third kappa shape index (κ3) is 3.75. The molecule has 0 fully saturated rings. The number of thiazole rings is 1. The average molecular weight is 382 g/mol. The molecule has 0 unspecified atom stereocenters. The Bertz CT molecular complexity index is 892. The maximum absolute atomic E-state index is 6.34. The van der Waals surface area contributed by atoms with Crippen molar-refractivity contribution >= 4 is 52.1 Å². The van der Waals surface area contributed by atoms with Gasteiger partial charge in [0.2, 0.25) is 4.80 Å². The zero-order valence-corrected chi connectivity index (χ0v) is 15.4. The molecule has 1 aromatic carbocycles. The molecular formula is C16H13Cl2N3S2. The van der Waals surface area contributed by atoms with Gasteiger partial charge in [0.25, 0.3) is 0 Å². The first kappa shape index (κ1) is 16.5. The van der Waals surface area contributed by atoms with E-state index >= 15 is 0 Å². The van der Waals surface area contributed by atoms with E-state index in [2.05, 4.69) is 10.1 Å². The highest BCUT2D eigenvalue weighted by atomic mass is 35.5. The molecule has 23 heavy (non-hydrogen) atoms. The van der Waals surface area contributed by atoms with Crippen molar-refractivity contribution in [1.82, 2.24) is 4.68 Å². The van der Waals surface area contributed by atoms with E-state index in [1.54, 1.807) is 23.5 Å². The topological polar surface area (TPSA) is 29.6 Å². The fraction of sp³-hybridized carbons (Fsp3) is 0.125. The second kappa shape index (κ2) is 7.45. The van der Waals surface area contributed by atoms with E-state index in [9.17, 15) is 0 Å². The summed E-state index contributed by atoms with van der Waals surface area (Å²) < 4.78 is 1.81. The smallest absolute Gasteiger partial charge is 0.206 e. The van der Waals surface area contributed by atoms with Gasteiger partial charge < -0.3 is 0 Å². The number of rotatable bonds is 4. The SMILES string of the molecule is CCN=c1scc(-c2cc(Cl)ccc2Cl)n1N=Cc1cccs1. The Balaban J connectivity index is 2.14. The molecule has 118 valence electrons. The first-order valence-electron chi connectivity index (χ1n) is 6.93. The summed E-state index contributed by atoms with van der Waals surface area (Å²) in [5.74, 6) is 0. The van der Waals surface area contributed by atoms with Crippen LogP contribution >= 0.6 is 45.9 Å². The van der Waals surface area contributed by atoms with Crippen LogP contribution < -0.4 is 4.80 Å². The Kier molecular flexibility index (Phi) is 5.33. The minimum absolute atomic E-state index is 0.635. The summed E-state index contributed by atoms with van der Waals surface area (Å²) in [6.45, 7) is 2.69. The van der Waals surface area contributed by atoms with E-state index in [-0.39, 0.29) is 0 Å². The molecule has 0 bridgehead atoms. The van der Waals surface area contributed by atoms with Crippen molar-refractivity contribution in [3.8, 4) is 11.3 Å². The fourth-order valence-electron chi connectivity index (χ4n) is 2.01. The number of aromatic nitrogens is 1. The minimum atomic E-state index is 0.635. The van der Waals surface area contributed by atoms with Crippen LogP contribution in [0.25, 0.3) is 11.3 Å². The van der Waals surface area contributed by atoms with Gasteiger partial charge in [0.15, 0.2) is 0 Å². The summed E-state index contributed by atoms with van der Waals surface area (Å²) in [7, 11) is 0. The molecule has 2 aromatic heterocycles. The van der Waals surface area contributed by atoms with Crippen LogP contribution in [0, 0.1) is 0 Å². The lowest BCUT2D eigenvalue weighted by Gasteiger charge is -2.06. The van der Waals surface area contributed by atoms with Crippen LogP contribution in [0.1, 0.15) is 11.8 Å². The fourth-order valence-corrected chi connectivity index (χ4v) is 3.87. The summed E-state index contributed by atoms with van der Waals surface area (Å²) >= 11 is 15.6. The number of halogens is 2. The predicted molar refractivity (Wildman–Crippen MR) is 101 cm³/mol. The van der Waals surface area contributed by atoms with E-state index in [0.29, 0.717) is 16.6 Å². The van der Waals surface area contributed by atoms with Crippen molar-refractivity contribution < 1.29 is 0 Å². The molecule has 0 N–H and O–H groups in total. The maximum Gasteiger partial charge on any atom is 0.206 e. The Hall–Kier alpha value is -1.40. The first-order chi connectivity index (χ1) is 11.2. The van der Waals surface area contributed by atoms with Crippen LogP contribution in [0.4, 0.5) is 0 Å². The lowest BCUT2D eigenvalue weighted by atomic mass is 10.2. The zero-order valence-electron chi connectivity index (χ0n) is 12.2. The van der Waals surface area contributed by atoms with Gasteiger partial charge >= 0.3 is 0 Å². The summed E-state index contributed by atoms with van der Waals surface area (Å²) in [4.78, 5) is 6.40. The van der Waals surface area contributed by atoms with Gasteiger partial charge in [0.05, 0.1) is 16.9 Å². The van der Waals surface area contributed by atoms with E-state index in [1.807, 2.05) is 46.8 Å². The van der Waals surface area contributed by atoms with E-state index < -0.39 is 0 Å². The molecular weight excluding hydrogens is 369 g/mol. The van der Waals surface area contributed by atoms with Crippen molar-refractivity contribution in [3.05, 3.63) is 60.8 Å². The molecule has 0 radical (unpaired) electrons. The third-order valence-electron chi connectivity index (χ3n) is 3.03. The number of hydrogen-bond donors (Lipinski definition) is 0. The molecule has 0 spiro atoms. The van der Waals surface area contributed by atoms with Crippen LogP contribution in [0.5, 0.6) is 0 Å². The van der Waals surface area contributed by atoms with Crippen molar-refractivity contribution in [2.24, 2.45) is 10.1 Å². The van der Waals surface area contributed by atoms with E-state index in [4.69, 9.17) is 23.2 Å². The highest BCUT2D eigenvalue weighted by molar-refractivity contribution is 7.11. The quantitative estimate of drug-likeness (QED) is 0.542. The molecule has 0 saturated carbocycles. The molecule has 3 rings (SSSR count). The Morgan fingerprint density at radius 3 is 2.83 bits per heavy atom. The number of hydrogen-bond acceptors (Lipinski definition) is 4. The molecule has 0 amide bonds. The standard InChI is InChI=1S/C16H13Cl2N3S2/c1-2-19-16-21(20-9-12-4-3-7-22-12)15(10-23-16)13-8-11(17)5-6-14(13)18/h3-10H,2H2,1H3. The van der Waals surface area contributed by atoms with Crippen molar-refractivity contribution in [2.45, 2.75) is 6.92 Å². The average Bonchev–Trinajstić information content (AvgIpc) is 3.18. The first-order valence-corrected chi connectivity index (χ1v) is 9.45. The normalized spacial score (nSPS) is 12.4. The highest BCUT2D eigenvalue weighted by Gasteiger charge is 2.11. The van der Waals surface area contributed by atoms with Gasteiger partial charge in [-0.2, -0.15) is 5.10 Å². The molecule has 0 aliphatic rings. The lowest BCUT2D eigenvalue weighted by Crippen LogP contribution is -2.12. The van der Waals surface area contributed by atoms with Gasteiger partial charge in [-0.15, -0.1) is 22.7 Å². The van der Waals surface area contributed by atoms with Gasteiger partial charge in [-0.3, -0.25) is 4.99 Å². The van der Waals surface area contributed by atoms with Gasteiger partial charge in [0.1, 0.15) is 0 Å². The molecule has 7 heteroatoms. The second-order valence-corrected chi connectivity index (χ2v) is 7.23. The predicted octanol–water partition coefficient (Wildman–Crippen LogP) is 5.39. The van der Waals surface area contributed by atoms with Crippen LogP contribution in [0.15, 0.2) is 51.2 Å². The summed E-state index contributed by atoms with van der Waals surface area (Å²) in [6.07, 6.45) is 1.83. The molecule has 0 atom stereocenters. The number of nitrogens with zero attached hydrogens (tertiary/aromatic N) is 3. The van der Waals surface area contributed by atoms with Gasteiger partial charge in [-0.05, 0) is 36.6 Å². The third-order valence-corrected chi connectivity index (χ3v) is 5.25. The largest absolute Gasteiger partial charge is 0.258 e. The highest BCUT2D eigenvalue weighted by Crippen LogP contribution is 2.30. The van der Waals surface area contributed by atoms with Gasteiger partial charge in [-0.1, -0.05) is 29.3 Å². The zero-order chi connectivity index (χ0) is 16.2. The number of thiophene rings is 1. The van der Waals surface area contributed by atoms with Crippen LogP contribution in [0.2, 0.25) is 10.0 Å². The van der Waals surface area contributed by atoms with Gasteiger partial charge in [-0.25, -0.2) is 4.68 Å². The van der Waals surface area contributed by atoms with Crippen LogP contribution in [-0.4, -0.2) is 17.4 Å². The van der Waals surface area contributed by atoms with Crippen LogP contribution in [-0.2, 0) is 0 Å². The molecule has 3 aromatic rings. The molecule has 0 aliphatic heterocycles. The Morgan fingerprint density at radius 2 is 2.09 bits per heavy atom. The summed E-state index contributed by atoms with van der Waals surface area (Å²) in [5.41, 5.74) is 1.72. The lowest BCUT2D eigenvalue weighted by molar-refractivity contribution is 0.833. The van der Waals surface area contributed by atoms with Crippen LogP contribution in [0.3, 0.4) is 0 Å². The monoisotopic (exact) mass is 381 g/mol. The van der Waals surface area contributed by atoms with Crippen molar-refractivity contribution in [1.29, 1.82) is 0 Å². The second-order valence-electron chi connectivity index (χ2n) is 4.57. The van der Waals surface area contributed by atoms with E-state index in [0.717, 1.165) is 20.9 Å². The Labute approximate surface area is 152 Å². The summed E-state index contributed by atoms with van der Waals surface area (Å²) in [5, 5.41) is 9.88. The molecule has 2 heterocycles. The summed E-state index contributed by atoms with van der Waals surface area (Å²) in [6, 6.07) is 9.43.